The number of pyridine rings is 2. The van der Waals surface area contributed by atoms with E-state index in [0.29, 0.717) is 6.61 Å². The van der Waals surface area contributed by atoms with Crippen molar-refractivity contribution in [3.05, 3.63) is 77.0 Å². The van der Waals surface area contributed by atoms with Crippen LogP contribution in [0.25, 0.3) is 0 Å². The van der Waals surface area contributed by atoms with Crippen molar-refractivity contribution in [2.24, 2.45) is 4.99 Å². The maximum absolute atomic E-state index is 6.24. The second-order valence-corrected chi connectivity index (χ2v) is 9.62. The molecule has 0 amide bonds. The Morgan fingerprint density at radius 2 is 1.93 bits per heavy atom. The molecule has 2 aromatic rings. The van der Waals surface area contributed by atoms with Gasteiger partial charge >= 0.3 is 0 Å². The van der Waals surface area contributed by atoms with Crippen LogP contribution in [0.3, 0.4) is 0 Å². The topological polar surface area (TPSA) is 47.4 Å². The molecule has 0 saturated carbocycles. The first-order valence-corrected chi connectivity index (χ1v) is 12.7. The average molecular weight is 424 g/mol. The zero-order valence-corrected chi connectivity index (χ0v) is 20.0. The van der Waals surface area contributed by atoms with E-state index in [9.17, 15) is 0 Å². The molecule has 4 nitrogen and oxygen atoms in total. The van der Waals surface area contributed by atoms with Gasteiger partial charge in [0.1, 0.15) is 0 Å². The van der Waals surface area contributed by atoms with Gasteiger partial charge in [-0.2, -0.15) is 0 Å². The number of aliphatic imine (C=N–C) groups is 1. The summed E-state index contributed by atoms with van der Waals surface area (Å²) in [6.45, 7) is 13.3. The molecule has 0 spiro atoms. The van der Waals surface area contributed by atoms with Crippen LogP contribution in [0.1, 0.15) is 45.2 Å². The van der Waals surface area contributed by atoms with Gasteiger partial charge < -0.3 is 4.74 Å². The van der Waals surface area contributed by atoms with Gasteiger partial charge in [-0.05, 0) is 79.0 Å². The summed E-state index contributed by atoms with van der Waals surface area (Å²) in [5, 5.41) is 1.49. The van der Waals surface area contributed by atoms with Crippen LogP contribution in [0.2, 0.25) is 0 Å². The van der Waals surface area contributed by atoms with Crippen molar-refractivity contribution in [1.82, 2.24) is 9.97 Å². The molecule has 0 fully saturated rings. The third-order valence-corrected chi connectivity index (χ3v) is 7.19. The summed E-state index contributed by atoms with van der Waals surface area (Å²) in [5.74, 6) is 0.782. The van der Waals surface area contributed by atoms with Gasteiger partial charge in [-0.25, -0.2) is 9.98 Å². The quantitative estimate of drug-likeness (QED) is 0.362. The van der Waals surface area contributed by atoms with E-state index in [0.717, 1.165) is 34.7 Å². The van der Waals surface area contributed by atoms with Crippen LogP contribution < -0.4 is 0 Å². The molecule has 0 bridgehead atoms. The molecular weight excluding hydrogens is 389 g/mol. The second-order valence-electron chi connectivity index (χ2n) is 7.02. The highest BCUT2D eigenvalue weighted by molar-refractivity contribution is 7.61. The van der Waals surface area contributed by atoms with Crippen molar-refractivity contribution in [3.63, 3.8) is 0 Å². The van der Waals surface area contributed by atoms with Gasteiger partial charge in [-0.15, -0.1) is 0 Å². The first kappa shape index (κ1) is 24.1. The normalized spacial score (nSPS) is 17.4. The fourth-order valence-electron chi connectivity index (χ4n) is 3.05. The third kappa shape index (κ3) is 6.97. The predicted octanol–water partition coefficient (Wildman–Crippen LogP) is 6.83. The fraction of sp³-hybridized carbons (Fsp3) is 0.400. The Balaban J connectivity index is 0.00000155. The molecule has 0 N–H and O–H groups in total. The van der Waals surface area contributed by atoms with Crippen molar-refractivity contribution in [2.45, 2.75) is 53.8 Å². The van der Waals surface area contributed by atoms with E-state index in [4.69, 9.17) is 9.73 Å². The van der Waals surface area contributed by atoms with Gasteiger partial charge in [0.05, 0.1) is 12.7 Å². The van der Waals surface area contributed by atoms with E-state index < -0.39 is 0 Å². The molecule has 0 radical (unpaired) electrons. The molecule has 2 aromatic heterocycles. The van der Waals surface area contributed by atoms with Crippen molar-refractivity contribution in [3.8, 4) is 0 Å². The summed E-state index contributed by atoms with van der Waals surface area (Å²) in [5.41, 5.74) is 4.36. The van der Waals surface area contributed by atoms with E-state index in [1.165, 1.54) is 11.5 Å². The van der Waals surface area contributed by atoms with Gasteiger partial charge in [0, 0.05) is 30.7 Å². The Kier molecular flexibility index (Phi) is 10.1. The lowest BCUT2D eigenvalue weighted by Crippen LogP contribution is -2.17. The van der Waals surface area contributed by atoms with Crippen molar-refractivity contribution >= 4 is 19.5 Å². The molecule has 1 aliphatic carbocycles. The van der Waals surface area contributed by atoms with Crippen molar-refractivity contribution < 1.29 is 4.74 Å². The predicted molar refractivity (Wildman–Crippen MR) is 130 cm³/mol. The highest BCUT2D eigenvalue weighted by Gasteiger charge is 2.20. The maximum atomic E-state index is 6.24. The van der Waals surface area contributed by atoms with Crippen molar-refractivity contribution in [1.29, 1.82) is 0 Å². The third-order valence-electron chi connectivity index (χ3n) is 4.95. The SMILES string of the molecule is CC.CCP(C)C1=CC(/C(C)=N/c2ncccc2C)=CC(OCc2ccncc2)C1. The highest BCUT2D eigenvalue weighted by Crippen LogP contribution is 2.45. The standard InChI is InChI=1S/C23H28N3OP.C2H6/c1-5-28(4)22-14-20(18(3)26-23-17(2)7-6-10-25-23)13-21(15-22)27-16-19-8-11-24-12-9-19;1-2/h6-14,21H,5,15-16H2,1-4H3;1-2H3/b26-18+;. The molecule has 0 saturated heterocycles. The molecule has 2 unspecified atom stereocenters. The molecule has 160 valence electrons. The van der Waals surface area contributed by atoms with Crippen LogP contribution in [-0.4, -0.2) is 34.6 Å². The smallest absolute Gasteiger partial charge is 0.154 e. The molecule has 2 atom stereocenters. The Hall–Kier alpha value is -2.16. The molecule has 0 aromatic carbocycles. The number of ether oxygens (including phenoxy) is 1. The number of aromatic nitrogens is 2. The summed E-state index contributed by atoms with van der Waals surface area (Å²) < 4.78 is 6.24. The lowest BCUT2D eigenvalue weighted by molar-refractivity contribution is 0.0723. The number of aryl methyl sites for hydroxylation is 1. The van der Waals surface area contributed by atoms with Crippen LogP contribution in [-0.2, 0) is 11.3 Å². The fourth-order valence-corrected chi connectivity index (χ4v) is 4.31. The van der Waals surface area contributed by atoms with Crippen LogP contribution >= 0.6 is 7.92 Å². The minimum absolute atomic E-state index is 0.0645. The van der Waals surface area contributed by atoms with E-state index in [1.54, 1.807) is 18.6 Å². The van der Waals surface area contributed by atoms with E-state index in [1.807, 2.05) is 45.0 Å². The largest absolute Gasteiger partial charge is 0.369 e. The van der Waals surface area contributed by atoms with Gasteiger partial charge in [-0.1, -0.05) is 34.8 Å². The van der Waals surface area contributed by atoms with Crippen LogP contribution in [0.4, 0.5) is 5.82 Å². The Morgan fingerprint density at radius 1 is 1.20 bits per heavy atom. The Labute approximate surface area is 183 Å². The lowest BCUT2D eigenvalue weighted by atomic mass is 10.0. The zero-order chi connectivity index (χ0) is 21.9. The molecule has 3 rings (SSSR count). The highest BCUT2D eigenvalue weighted by atomic mass is 31.1. The second kappa shape index (κ2) is 12.5. The molecule has 1 aliphatic rings. The summed E-state index contributed by atoms with van der Waals surface area (Å²) in [4.78, 5) is 13.3. The first-order valence-electron chi connectivity index (χ1n) is 10.7. The van der Waals surface area contributed by atoms with Gasteiger partial charge in [0.15, 0.2) is 5.82 Å². The van der Waals surface area contributed by atoms with Crippen LogP contribution in [0.15, 0.2) is 70.9 Å². The minimum atomic E-state index is -0.145. The number of allylic oxidation sites excluding steroid dienone is 2. The molecular formula is C25H34N3OP. The first-order chi connectivity index (χ1) is 14.6. The number of rotatable bonds is 7. The minimum Gasteiger partial charge on any atom is -0.369 e. The molecule has 30 heavy (non-hydrogen) atoms. The zero-order valence-electron chi connectivity index (χ0n) is 19.1. The average Bonchev–Trinajstić information content (AvgIpc) is 2.80. The van der Waals surface area contributed by atoms with Crippen LogP contribution in [0.5, 0.6) is 0 Å². The summed E-state index contributed by atoms with van der Waals surface area (Å²) >= 11 is 0. The molecule has 2 heterocycles. The number of nitrogens with zero attached hydrogens (tertiary/aromatic N) is 3. The molecule has 5 heteroatoms. The monoisotopic (exact) mass is 423 g/mol. The van der Waals surface area contributed by atoms with E-state index >= 15 is 0 Å². The van der Waals surface area contributed by atoms with Gasteiger partial charge in [0.2, 0.25) is 0 Å². The van der Waals surface area contributed by atoms with E-state index in [-0.39, 0.29) is 14.0 Å². The Bertz CT molecular complexity index is 890. The lowest BCUT2D eigenvalue weighted by Gasteiger charge is -2.25. The van der Waals surface area contributed by atoms with Crippen LogP contribution in [0, 0.1) is 6.92 Å². The van der Waals surface area contributed by atoms with Gasteiger partial charge in [-0.3, -0.25) is 4.98 Å². The number of hydrogen-bond acceptors (Lipinski definition) is 4. The molecule has 0 aliphatic heterocycles. The summed E-state index contributed by atoms with van der Waals surface area (Å²) in [6.07, 6.45) is 12.1. The number of hydrogen-bond donors (Lipinski definition) is 0. The summed E-state index contributed by atoms with van der Waals surface area (Å²) in [6, 6.07) is 7.98. The maximum Gasteiger partial charge on any atom is 0.154 e. The Morgan fingerprint density at radius 3 is 2.60 bits per heavy atom. The van der Waals surface area contributed by atoms with Gasteiger partial charge in [0.25, 0.3) is 0 Å². The van der Waals surface area contributed by atoms with Crippen molar-refractivity contribution in [2.75, 3.05) is 12.8 Å². The van der Waals surface area contributed by atoms with E-state index in [2.05, 4.69) is 42.6 Å². The summed E-state index contributed by atoms with van der Waals surface area (Å²) in [7, 11) is -0.145.